The largest absolute Gasteiger partial charge is 0.464 e. The molecular weight excluding hydrogens is 439 g/mol. The van der Waals surface area contributed by atoms with E-state index in [-0.39, 0.29) is 22.0 Å². The van der Waals surface area contributed by atoms with Gasteiger partial charge in [0.05, 0.1) is 35.7 Å². The summed E-state index contributed by atoms with van der Waals surface area (Å²) >= 11 is 6.30. The first-order valence-electron chi connectivity index (χ1n) is 8.56. The van der Waals surface area contributed by atoms with Crippen LogP contribution in [0.5, 0.6) is 0 Å². The van der Waals surface area contributed by atoms with Crippen molar-refractivity contribution >= 4 is 29.8 Å². The average molecular weight is 452 g/mol. The van der Waals surface area contributed by atoms with Gasteiger partial charge in [0.1, 0.15) is 5.15 Å². The Hall–Kier alpha value is -3.66. The van der Waals surface area contributed by atoms with Crippen LogP contribution in [0.15, 0.2) is 59.8 Å². The summed E-state index contributed by atoms with van der Waals surface area (Å²) in [6.45, 7) is 0. The van der Waals surface area contributed by atoms with Crippen LogP contribution in [-0.4, -0.2) is 35.0 Å². The van der Waals surface area contributed by atoms with Crippen LogP contribution in [0.2, 0.25) is 5.15 Å². The van der Waals surface area contributed by atoms with Crippen molar-refractivity contribution in [3.8, 4) is 5.69 Å². The summed E-state index contributed by atoms with van der Waals surface area (Å²) in [6.07, 6.45) is -3.67. The Labute approximate surface area is 178 Å². The highest BCUT2D eigenvalue weighted by atomic mass is 35.5. The maximum absolute atomic E-state index is 12.8. The lowest BCUT2D eigenvalue weighted by Crippen LogP contribution is -2.08. The number of rotatable bonds is 5. The SMILES string of the molecule is COC(=O)c1nn(-c2ccccc2)c(Cl)c1C=NOC(=O)c1cccc(C(F)(F)F)c1. The Bertz CT molecular complexity index is 1140. The van der Waals surface area contributed by atoms with Crippen LogP contribution in [0.1, 0.15) is 32.0 Å². The number of carbonyl (C=O) groups is 2. The van der Waals surface area contributed by atoms with Gasteiger partial charge in [-0.2, -0.15) is 18.3 Å². The lowest BCUT2D eigenvalue weighted by molar-refractivity contribution is -0.137. The first kappa shape index (κ1) is 22.0. The Morgan fingerprint density at radius 1 is 1.10 bits per heavy atom. The maximum Gasteiger partial charge on any atom is 0.416 e. The number of carbonyl (C=O) groups excluding carboxylic acids is 2. The number of halogens is 4. The van der Waals surface area contributed by atoms with Gasteiger partial charge in [0.25, 0.3) is 0 Å². The topological polar surface area (TPSA) is 82.8 Å². The van der Waals surface area contributed by atoms with Crippen molar-refractivity contribution < 1.29 is 32.3 Å². The molecule has 0 atom stereocenters. The zero-order valence-electron chi connectivity index (χ0n) is 15.8. The molecule has 2 aromatic carbocycles. The first-order chi connectivity index (χ1) is 14.7. The van der Waals surface area contributed by atoms with Crippen LogP contribution in [-0.2, 0) is 15.8 Å². The zero-order valence-corrected chi connectivity index (χ0v) is 16.5. The first-order valence-corrected chi connectivity index (χ1v) is 8.94. The lowest BCUT2D eigenvalue weighted by Gasteiger charge is -2.07. The van der Waals surface area contributed by atoms with Gasteiger partial charge in [-0.3, -0.25) is 0 Å². The highest BCUT2D eigenvalue weighted by molar-refractivity contribution is 6.33. The van der Waals surface area contributed by atoms with E-state index in [0.717, 1.165) is 31.5 Å². The molecule has 0 bridgehead atoms. The van der Waals surface area contributed by atoms with E-state index < -0.39 is 23.7 Å². The van der Waals surface area contributed by atoms with Gasteiger partial charge in [-0.05, 0) is 30.3 Å². The number of nitrogens with zero attached hydrogens (tertiary/aromatic N) is 3. The molecule has 0 radical (unpaired) electrons. The van der Waals surface area contributed by atoms with Crippen molar-refractivity contribution in [2.45, 2.75) is 6.18 Å². The van der Waals surface area contributed by atoms with Gasteiger partial charge in [0, 0.05) is 0 Å². The van der Waals surface area contributed by atoms with Gasteiger partial charge in [0.2, 0.25) is 0 Å². The molecule has 3 aromatic rings. The molecule has 31 heavy (non-hydrogen) atoms. The van der Waals surface area contributed by atoms with Crippen molar-refractivity contribution in [2.75, 3.05) is 7.11 Å². The molecular formula is C20H13ClF3N3O4. The predicted molar refractivity (Wildman–Crippen MR) is 104 cm³/mol. The van der Waals surface area contributed by atoms with Crippen molar-refractivity contribution in [1.29, 1.82) is 0 Å². The van der Waals surface area contributed by atoms with Crippen molar-refractivity contribution in [3.63, 3.8) is 0 Å². The highest BCUT2D eigenvalue weighted by Crippen LogP contribution is 2.29. The molecule has 0 saturated carbocycles. The van der Waals surface area contributed by atoms with Crippen LogP contribution in [0.4, 0.5) is 13.2 Å². The monoisotopic (exact) mass is 451 g/mol. The van der Waals surface area contributed by atoms with Crippen LogP contribution in [0, 0.1) is 0 Å². The number of aromatic nitrogens is 2. The fraction of sp³-hybridized carbons (Fsp3) is 0.100. The molecule has 7 nitrogen and oxygen atoms in total. The van der Waals surface area contributed by atoms with E-state index in [1.807, 2.05) is 0 Å². The molecule has 0 saturated heterocycles. The summed E-state index contributed by atoms with van der Waals surface area (Å²) in [6, 6.07) is 12.3. The number of ether oxygens (including phenoxy) is 1. The molecule has 0 N–H and O–H groups in total. The summed E-state index contributed by atoms with van der Waals surface area (Å²) in [4.78, 5) is 28.8. The van der Waals surface area contributed by atoms with Crippen molar-refractivity contribution in [2.24, 2.45) is 5.16 Å². The number of para-hydroxylation sites is 1. The van der Waals surface area contributed by atoms with Gasteiger partial charge in [-0.25, -0.2) is 14.3 Å². The zero-order chi connectivity index (χ0) is 22.6. The molecule has 0 aliphatic rings. The minimum absolute atomic E-state index is 0.00536. The minimum Gasteiger partial charge on any atom is -0.464 e. The summed E-state index contributed by atoms with van der Waals surface area (Å²) in [5.74, 6) is -1.95. The lowest BCUT2D eigenvalue weighted by atomic mass is 10.1. The number of benzene rings is 2. The van der Waals surface area contributed by atoms with Gasteiger partial charge >= 0.3 is 18.1 Å². The molecule has 3 rings (SSSR count). The highest BCUT2D eigenvalue weighted by Gasteiger charge is 2.31. The average Bonchev–Trinajstić information content (AvgIpc) is 3.09. The van der Waals surface area contributed by atoms with Crippen molar-refractivity contribution in [3.05, 3.63) is 82.1 Å². The van der Waals surface area contributed by atoms with E-state index in [4.69, 9.17) is 11.6 Å². The summed E-state index contributed by atoms with van der Waals surface area (Å²) in [7, 11) is 1.15. The fourth-order valence-electron chi connectivity index (χ4n) is 2.51. The van der Waals surface area contributed by atoms with E-state index >= 15 is 0 Å². The number of methoxy groups -OCH3 is 1. The second kappa shape index (κ2) is 9.00. The molecule has 1 heterocycles. The Kier molecular flexibility index (Phi) is 6.40. The molecule has 0 fully saturated rings. The summed E-state index contributed by atoms with van der Waals surface area (Å²) in [5.41, 5.74) is -1.03. The second-order valence-electron chi connectivity index (χ2n) is 5.98. The Morgan fingerprint density at radius 3 is 2.45 bits per heavy atom. The van der Waals surface area contributed by atoms with E-state index in [0.29, 0.717) is 11.8 Å². The molecule has 1 aromatic heterocycles. The quantitative estimate of drug-likeness (QED) is 0.246. The molecule has 0 aliphatic heterocycles. The molecule has 0 unspecified atom stereocenters. The van der Waals surface area contributed by atoms with Crippen molar-refractivity contribution in [1.82, 2.24) is 9.78 Å². The third-order valence-corrected chi connectivity index (χ3v) is 4.35. The molecule has 160 valence electrons. The smallest absolute Gasteiger partial charge is 0.416 e. The number of hydrogen-bond donors (Lipinski definition) is 0. The van der Waals surface area contributed by atoms with E-state index in [1.165, 1.54) is 4.68 Å². The standard InChI is InChI=1S/C20H13ClF3N3O4/c1-30-19(29)16-15(17(21)27(26-16)14-8-3-2-4-9-14)11-25-31-18(28)12-6-5-7-13(10-12)20(22,23)24/h2-11H,1H3. The van der Waals surface area contributed by atoms with Crippen LogP contribution in [0.25, 0.3) is 5.69 Å². The third kappa shape index (κ3) is 4.92. The number of oxime groups is 1. The maximum atomic E-state index is 12.8. The third-order valence-electron chi connectivity index (χ3n) is 3.99. The fourth-order valence-corrected chi connectivity index (χ4v) is 2.79. The normalized spacial score (nSPS) is 11.5. The predicted octanol–water partition coefficient (Wildman–Crippen LogP) is 4.52. The van der Waals surface area contributed by atoms with Gasteiger partial charge < -0.3 is 9.57 Å². The summed E-state index contributed by atoms with van der Waals surface area (Å²) in [5, 5.41) is 7.53. The number of alkyl halides is 3. The molecule has 0 spiro atoms. The van der Waals surface area contributed by atoms with Gasteiger partial charge in [0.15, 0.2) is 5.69 Å². The summed E-state index contributed by atoms with van der Waals surface area (Å²) < 4.78 is 44.3. The van der Waals surface area contributed by atoms with Crippen LogP contribution >= 0.6 is 11.6 Å². The number of hydrogen-bond acceptors (Lipinski definition) is 6. The van der Waals surface area contributed by atoms with Crippen LogP contribution in [0.3, 0.4) is 0 Å². The Balaban J connectivity index is 1.87. The van der Waals surface area contributed by atoms with E-state index in [9.17, 15) is 22.8 Å². The van der Waals surface area contributed by atoms with Crippen LogP contribution < -0.4 is 0 Å². The van der Waals surface area contributed by atoms with Gasteiger partial charge in [-0.1, -0.05) is 41.0 Å². The molecule has 0 amide bonds. The second-order valence-corrected chi connectivity index (χ2v) is 6.34. The van der Waals surface area contributed by atoms with Gasteiger partial charge in [-0.15, -0.1) is 0 Å². The number of esters is 1. The van der Waals surface area contributed by atoms with E-state index in [2.05, 4.69) is 19.8 Å². The van der Waals surface area contributed by atoms with E-state index in [1.54, 1.807) is 30.3 Å². The molecule has 11 heteroatoms. The molecule has 0 aliphatic carbocycles. The Morgan fingerprint density at radius 2 is 1.81 bits per heavy atom. The minimum atomic E-state index is -4.62.